The summed E-state index contributed by atoms with van der Waals surface area (Å²) >= 11 is 0. The fraction of sp³-hybridized carbons (Fsp3) is 0.571. The Bertz CT molecular complexity index is 480. The lowest BCUT2D eigenvalue weighted by atomic mass is 10.3. The highest BCUT2D eigenvalue weighted by Crippen LogP contribution is 2.16. The van der Waals surface area contributed by atoms with Crippen molar-refractivity contribution in [3.05, 3.63) is 24.3 Å². The van der Waals surface area contributed by atoms with Gasteiger partial charge >= 0.3 is 0 Å². The van der Waals surface area contributed by atoms with Crippen LogP contribution in [0.1, 0.15) is 33.1 Å². The van der Waals surface area contributed by atoms with Gasteiger partial charge in [0.1, 0.15) is 5.75 Å². The van der Waals surface area contributed by atoms with Gasteiger partial charge < -0.3 is 9.84 Å². The SMILES string of the molecule is CCCCOc1ccc(S(=O)(=O)NC(CC)CO)cc1. The van der Waals surface area contributed by atoms with E-state index in [1.54, 1.807) is 12.1 Å². The maximum absolute atomic E-state index is 12.1. The summed E-state index contributed by atoms with van der Waals surface area (Å²) < 4.78 is 32.1. The van der Waals surface area contributed by atoms with Gasteiger partial charge in [0.15, 0.2) is 0 Å². The van der Waals surface area contributed by atoms with Gasteiger partial charge in [0, 0.05) is 6.04 Å². The van der Waals surface area contributed by atoms with Crippen LogP contribution in [0.25, 0.3) is 0 Å². The van der Waals surface area contributed by atoms with Crippen molar-refractivity contribution >= 4 is 10.0 Å². The van der Waals surface area contributed by atoms with E-state index in [0.717, 1.165) is 12.8 Å². The van der Waals surface area contributed by atoms with E-state index in [1.807, 2.05) is 6.92 Å². The summed E-state index contributed by atoms with van der Waals surface area (Å²) in [6.07, 6.45) is 2.56. The summed E-state index contributed by atoms with van der Waals surface area (Å²) in [5, 5.41) is 9.05. The summed E-state index contributed by atoms with van der Waals surface area (Å²) in [6, 6.07) is 5.84. The molecule has 2 N–H and O–H groups in total. The van der Waals surface area contributed by atoms with Crippen molar-refractivity contribution in [2.75, 3.05) is 13.2 Å². The molecule has 0 spiro atoms. The first-order chi connectivity index (χ1) is 9.53. The van der Waals surface area contributed by atoms with E-state index >= 15 is 0 Å². The van der Waals surface area contributed by atoms with E-state index in [1.165, 1.54) is 12.1 Å². The Kier molecular flexibility index (Phi) is 6.98. The number of nitrogens with one attached hydrogen (secondary N) is 1. The van der Waals surface area contributed by atoms with E-state index in [9.17, 15) is 8.42 Å². The minimum absolute atomic E-state index is 0.173. The second kappa shape index (κ2) is 8.24. The van der Waals surface area contributed by atoms with Gasteiger partial charge in [0.2, 0.25) is 10.0 Å². The Balaban J connectivity index is 2.71. The summed E-state index contributed by atoms with van der Waals surface area (Å²) in [5.41, 5.74) is 0. The molecular weight excluding hydrogens is 278 g/mol. The zero-order valence-electron chi connectivity index (χ0n) is 12.0. The molecule has 114 valence electrons. The van der Waals surface area contributed by atoms with Gasteiger partial charge in [-0.05, 0) is 37.1 Å². The summed E-state index contributed by atoms with van der Waals surface area (Å²) in [6.45, 7) is 4.31. The fourth-order valence-electron chi connectivity index (χ4n) is 1.59. The molecule has 0 radical (unpaired) electrons. The van der Waals surface area contributed by atoms with E-state index in [-0.39, 0.29) is 11.5 Å². The van der Waals surface area contributed by atoms with E-state index < -0.39 is 16.1 Å². The molecular formula is C14H23NO4S. The van der Waals surface area contributed by atoms with Gasteiger partial charge in [-0.2, -0.15) is 0 Å². The lowest BCUT2D eigenvalue weighted by Crippen LogP contribution is -2.36. The monoisotopic (exact) mass is 301 g/mol. The molecule has 0 aliphatic heterocycles. The summed E-state index contributed by atoms with van der Waals surface area (Å²) in [4.78, 5) is 0.173. The van der Waals surface area contributed by atoms with Gasteiger partial charge in [-0.3, -0.25) is 0 Å². The maximum atomic E-state index is 12.1. The van der Waals surface area contributed by atoms with Crippen LogP contribution < -0.4 is 9.46 Å². The molecule has 0 heterocycles. The quantitative estimate of drug-likeness (QED) is 0.683. The van der Waals surface area contributed by atoms with Gasteiger partial charge in [-0.15, -0.1) is 0 Å². The van der Waals surface area contributed by atoms with Crippen LogP contribution in [0.15, 0.2) is 29.2 Å². The van der Waals surface area contributed by atoms with E-state index in [4.69, 9.17) is 9.84 Å². The van der Waals surface area contributed by atoms with Crippen molar-refractivity contribution in [1.82, 2.24) is 4.72 Å². The Hall–Kier alpha value is -1.11. The molecule has 6 heteroatoms. The summed E-state index contributed by atoms with van der Waals surface area (Å²) in [7, 11) is -3.59. The fourth-order valence-corrected chi connectivity index (χ4v) is 2.90. The predicted molar refractivity (Wildman–Crippen MR) is 78.3 cm³/mol. The van der Waals surface area contributed by atoms with Crippen LogP contribution >= 0.6 is 0 Å². The van der Waals surface area contributed by atoms with Crippen LogP contribution in [0.5, 0.6) is 5.75 Å². The molecule has 20 heavy (non-hydrogen) atoms. The molecule has 0 saturated carbocycles. The second-order valence-electron chi connectivity index (χ2n) is 4.58. The third-order valence-electron chi connectivity index (χ3n) is 2.94. The van der Waals surface area contributed by atoms with Crippen LogP contribution in [0.4, 0.5) is 0 Å². The predicted octanol–water partition coefficient (Wildman–Crippen LogP) is 1.91. The van der Waals surface area contributed by atoms with Crippen molar-refractivity contribution in [3.63, 3.8) is 0 Å². The molecule has 0 saturated heterocycles. The number of aliphatic hydroxyl groups excluding tert-OH is 1. The topological polar surface area (TPSA) is 75.6 Å². The van der Waals surface area contributed by atoms with E-state index in [0.29, 0.717) is 18.8 Å². The number of aliphatic hydroxyl groups is 1. The molecule has 1 atom stereocenters. The average molecular weight is 301 g/mol. The number of ether oxygens (including phenoxy) is 1. The highest BCUT2D eigenvalue weighted by Gasteiger charge is 2.18. The molecule has 0 aliphatic rings. The maximum Gasteiger partial charge on any atom is 0.240 e. The van der Waals surface area contributed by atoms with Crippen LogP contribution in [-0.4, -0.2) is 32.8 Å². The molecule has 0 fully saturated rings. The minimum Gasteiger partial charge on any atom is -0.494 e. The van der Waals surface area contributed by atoms with Crippen molar-refractivity contribution in [2.45, 2.75) is 44.0 Å². The number of sulfonamides is 1. The molecule has 0 bridgehead atoms. The highest BCUT2D eigenvalue weighted by molar-refractivity contribution is 7.89. The number of benzene rings is 1. The first kappa shape index (κ1) is 16.9. The Morgan fingerprint density at radius 1 is 1.25 bits per heavy atom. The number of hydrogen-bond donors (Lipinski definition) is 2. The second-order valence-corrected chi connectivity index (χ2v) is 6.30. The van der Waals surface area contributed by atoms with Crippen molar-refractivity contribution in [1.29, 1.82) is 0 Å². The summed E-state index contributed by atoms with van der Waals surface area (Å²) in [5.74, 6) is 0.659. The molecule has 1 rings (SSSR count). The van der Waals surface area contributed by atoms with Gasteiger partial charge in [0.05, 0.1) is 18.1 Å². The first-order valence-corrected chi connectivity index (χ1v) is 8.37. The molecule has 1 aromatic rings. The Labute approximate surface area is 121 Å². The van der Waals surface area contributed by atoms with Gasteiger partial charge in [0.25, 0.3) is 0 Å². The standard InChI is InChI=1S/C14H23NO4S/c1-3-5-10-19-13-6-8-14(9-7-13)20(17,18)15-12(4-2)11-16/h6-9,12,15-16H,3-5,10-11H2,1-2H3. The van der Waals surface area contributed by atoms with E-state index in [2.05, 4.69) is 11.6 Å². The number of unbranched alkanes of at least 4 members (excludes halogenated alkanes) is 1. The highest BCUT2D eigenvalue weighted by atomic mass is 32.2. The number of rotatable bonds is 9. The zero-order valence-corrected chi connectivity index (χ0v) is 12.8. The van der Waals surface area contributed by atoms with Gasteiger partial charge in [-0.25, -0.2) is 13.1 Å². The molecule has 0 aromatic heterocycles. The van der Waals surface area contributed by atoms with Crippen molar-refractivity contribution in [2.24, 2.45) is 0 Å². The largest absolute Gasteiger partial charge is 0.494 e. The van der Waals surface area contributed by atoms with Crippen LogP contribution in [-0.2, 0) is 10.0 Å². The Morgan fingerprint density at radius 2 is 1.90 bits per heavy atom. The average Bonchev–Trinajstić information content (AvgIpc) is 2.45. The molecule has 0 amide bonds. The van der Waals surface area contributed by atoms with Crippen molar-refractivity contribution < 1.29 is 18.3 Å². The molecule has 1 aromatic carbocycles. The first-order valence-electron chi connectivity index (χ1n) is 6.89. The molecule has 1 unspecified atom stereocenters. The van der Waals surface area contributed by atoms with Crippen LogP contribution in [0.2, 0.25) is 0 Å². The smallest absolute Gasteiger partial charge is 0.240 e. The van der Waals surface area contributed by atoms with Crippen molar-refractivity contribution in [3.8, 4) is 5.75 Å². The number of hydrogen-bond acceptors (Lipinski definition) is 4. The molecule has 5 nitrogen and oxygen atoms in total. The van der Waals surface area contributed by atoms with Gasteiger partial charge in [-0.1, -0.05) is 20.3 Å². The lowest BCUT2D eigenvalue weighted by molar-refractivity contribution is 0.254. The van der Waals surface area contributed by atoms with Crippen LogP contribution in [0, 0.1) is 0 Å². The van der Waals surface area contributed by atoms with Crippen LogP contribution in [0.3, 0.4) is 0 Å². The third kappa shape index (κ3) is 5.11. The zero-order chi connectivity index (χ0) is 15.0. The third-order valence-corrected chi connectivity index (χ3v) is 4.47. The normalized spacial score (nSPS) is 13.2. The lowest BCUT2D eigenvalue weighted by Gasteiger charge is -2.14. The molecule has 0 aliphatic carbocycles. The minimum atomic E-state index is -3.59. The Morgan fingerprint density at radius 3 is 2.40 bits per heavy atom.